The minimum absolute atomic E-state index is 0.583. The van der Waals surface area contributed by atoms with E-state index in [1.807, 2.05) is 20.3 Å². The van der Waals surface area contributed by atoms with Crippen molar-refractivity contribution in [2.24, 2.45) is 0 Å². The molecule has 0 aliphatic heterocycles. The largest absolute Gasteiger partial charge is 0.616 e. The van der Waals surface area contributed by atoms with E-state index in [9.17, 15) is 4.55 Å². The van der Waals surface area contributed by atoms with Gasteiger partial charge in [0, 0.05) is 6.42 Å². The van der Waals surface area contributed by atoms with E-state index in [2.05, 4.69) is 0 Å². The van der Waals surface area contributed by atoms with Gasteiger partial charge in [-0.3, -0.25) is 0 Å². The third kappa shape index (κ3) is 4.16. The van der Waals surface area contributed by atoms with Crippen molar-refractivity contribution in [2.75, 3.05) is 11.5 Å². The summed E-state index contributed by atoms with van der Waals surface area (Å²) in [5.41, 5.74) is 0. The molecule has 0 aromatic carbocycles. The van der Waals surface area contributed by atoms with Gasteiger partial charge in [-0.05, 0) is 6.92 Å². The molecule has 0 rings (SSSR count). The molecule has 43 valence electrons. The van der Waals surface area contributed by atoms with E-state index in [-0.39, 0.29) is 0 Å². The summed E-state index contributed by atoms with van der Waals surface area (Å²) in [7, 11) is 0. The van der Waals surface area contributed by atoms with Gasteiger partial charge in [-0.25, -0.2) is 0 Å². The first-order valence-corrected chi connectivity index (χ1v) is 3.92. The van der Waals surface area contributed by atoms with Gasteiger partial charge in [0.25, 0.3) is 0 Å². The van der Waals surface area contributed by atoms with Crippen molar-refractivity contribution in [3.63, 3.8) is 0 Å². The Balaban J connectivity index is 2.83. The summed E-state index contributed by atoms with van der Waals surface area (Å²) >= 11 is -0.583. The molecule has 0 amide bonds. The SMILES string of the molecule is C[CH]C[S@@+]([O-])CC. The van der Waals surface area contributed by atoms with Crippen LogP contribution in [0.25, 0.3) is 0 Å². The summed E-state index contributed by atoms with van der Waals surface area (Å²) < 4.78 is 10.5. The summed E-state index contributed by atoms with van der Waals surface area (Å²) in [5, 5.41) is 0. The summed E-state index contributed by atoms with van der Waals surface area (Å²) in [5.74, 6) is 1.53. The van der Waals surface area contributed by atoms with Crippen molar-refractivity contribution < 1.29 is 4.55 Å². The molecule has 1 nitrogen and oxygen atoms in total. The zero-order chi connectivity index (χ0) is 5.70. The Hall–Kier alpha value is 0.310. The molecule has 0 spiro atoms. The van der Waals surface area contributed by atoms with Gasteiger partial charge in [-0.1, -0.05) is 18.1 Å². The minimum atomic E-state index is -0.583. The first kappa shape index (κ1) is 7.31. The van der Waals surface area contributed by atoms with Crippen molar-refractivity contribution in [1.29, 1.82) is 0 Å². The van der Waals surface area contributed by atoms with Crippen LogP contribution in [0.15, 0.2) is 0 Å². The summed E-state index contributed by atoms with van der Waals surface area (Å²) in [6.07, 6.45) is 1.93. The topological polar surface area (TPSA) is 23.1 Å². The van der Waals surface area contributed by atoms with Gasteiger partial charge in [-0.15, -0.1) is 0 Å². The van der Waals surface area contributed by atoms with Crippen molar-refractivity contribution in [3.8, 4) is 0 Å². The Morgan fingerprint density at radius 1 is 1.71 bits per heavy atom. The van der Waals surface area contributed by atoms with Crippen LogP contribution in [-0.4, -0.2) is 16.1 Å². The van der Waals surface area contributed by atoms with Gasteiger partial charge in [-0.2, -0.15) is 0 Å². The van der Waals surface area contributed by atoms with Gasteiger partial charge in [0.2, 0.25) is 0 Å². The van der Waals surface area contributed by atoms with Crippen LogP contribution >= 0.6 is 0 Å². The standard InChI is InChI=1S/C5H11OS/c1-3-5-7(6)4-2/h3H,4-5H2,1-2H3/t7-/m0/s1. The van der Waals surface area contributed by atoms with Crippen LogP contribution in [0.2, 0.25) is 0 Å². The Bertz CT molecular complexity index is 39.1. The summed E-state index contributed by atoms with van der Waals surface area (Å²) in [4.78, 5) is 0. The fourth-order valence-electron chi connectivity index (χ4n) is 0.304. The smallest absolute Gasteiger partial charge is 0.108 e. The predicted molar refractivity (Wildman–Crippen MR) is 33.5 cm³/mol. The van der Waals surface area contributed by atoms with Gasteiger partial charge in [0.1, 0.15) is 11.5 Å². The average molecular weight is 119 g/mol. The van der Waals surface area contributed by atoms with Crippen molar-refractivity contribution in [1.82, 2.24) is 0 Å². The van der Waals surface area contributed by atoms with Gasteiger partial charge in [0.15, 0.2) is 0 Å². The first-order valence-electron chi connectivity index (χ1n) is 2.44. The second kappa shape index (κ2) is 4.47. The van der Waals surface area contributed by atoms with E-state index in [0.29, 0.717) is 0 Å². The van der Waals surface area contributed by atoms with E-state index in [1.165, 1.54) is 0 Å². The minimum Gasteiger partial charge on any atom is -0.616 e. The highest BCUT2D eigenvalue weighted by Crippen LogP contribution is 1.89. The maximum absolute atomic E-state index is 10.5. The second-order valence-electron chi connectivity index (χ2n) is 1.30. The van der Waals surface area contributed by atoms with Gasteiger partial charge < -0.3 is 4.55 Å². The quantitative estimate of drug-likeness (QED) is 0.508. The molecule has 1 atom stereocenters. The molecular weight excluding hydrogens is 108 g/mol. The molecule has 0 aromatic rings. The summed E-state index contributed by atoms with van der Waals surface area (Å²) in [6, 6.07) is 0. The van der Waals surface area contributed by atoms with Crippen molar-refractivity contribution >= 4 is 11.2 Å². The van der Waals surface area contributed by atoms with E-state index in [0.717, 1.165) is 11.5 Å². The Morgan fingerprint density at radius 3 is 2.43 bits per heavy atom. The molecule has 0 aliphatic rings. The lowest BCUT2D eigenvalue weighted by atomic mass is 10.6. The highest BCUT2D eigenvalue weighted by atomic mass is 32.2. The lowest BCUT2D eigenvalue weighted by Crippen LogP contribution is -2.07. The first-order chi connectivity index (χ1) is 3.31. The van der Waals surface area contributed by atoms with Crippen LogP contribution < -0.4 is 0 Å². The Morgan fingerprint density at radius 2 is 2.29 bits per heavy atom. The molecule has 1 radical (unpaired) electrons. The van der Waals surface area contributed by atoms with E-state index in [1.54, 1.807) is 0 Å². The van der Waals surface area contributed by atoms with Crippen LogP contribution in [0.3, 0.4) is 0 Å². The van der Waals surface area contributed by atoms with E-state index >= 15 is 0 Å². The van der Waals surface area contributed by atoms with E-state index < -0.39 is 11.2 Å². The van der Waals surface area contributed by atoms with Crippen LogP contribution in [-0.2, 0) is 11.2 Å². The van der Waals surface area contributed by atoms with Crippen LogP contribution in [0.4, 0.5) is 0 Å². The summed E-state index contributed by atoms with van der Waals surface area (Å²) in [6.45, 7) is 3.85. The van der Waals surface area contributed by atoms with Crippen molar-refractivity contribution in [2.45, 2.75) is 13.8 Å². The highest BCUT2D eigenvalue weighted by molar-refractivity contribution is 7.91. The fourth-order valence-corrected chi connectivity index (χ4v) is 0.911. The lowest BCUT2D eigenvalue weighted by Gasteiger charge is -2.04. The molecule has 0 bridgehead atoms. The molecule has 2 heteroatoms. The normalized spacial score (nSPS) is 14.1. The second-order valence-corrected chi connectivity index (χ2v) is 3.09. The Labute approximate surface area is 48.3 Å². The number of hydrogen-bond acceptors (Lipinski definition) is 1. The van der Waals surface area contributed by atoms with E-state index in [4.69, 9.17) is 0 Å². The van der Waals surface area contributed by atoms with Crippen LogP contribution in [0.1, 0.15) is 13.8 Å². The fraction of sp³-hybridized carbons (Fsp3) is 0.800. The molecule has 0 unspecified atom stereocenters. The molecule has 0 N–H and O–H groups in total. The van der Waals surface area contributed by atoms with Crippen LogP contribution in [0.5, 0.6) is 0 Å². The molecule has 0 aliphatic carbocycles. The molecular formula is C5H11OS. The zero-order valence-corrected chi connectivity index (χ0v) is 5.62. The van der Waals surface area contributed by atoms with Crippen LogP contribution in [0, 0.1) is 6.42 Å². The highest BCUT2D eigenvalue weighted by Gasteiger charge is 1.95. The zero-order valence-electron chi connectivity index (χ0n) is 4.81. The number of rotatable bonds is 3. The van der Waals surface area contributed by atoms with Crippen molar-refractivity contribution in [3.05, 3.63) is 6.42 Å². The predicted octanol–water partition coefficient (Wildman–Crippen LogP) is 0.979. The molecule has 0 heterocycles. The molecule has 0 saturated heterocycles. The third-order valence-corrected chi connectivity index (χ3v) is 2.02. The maximum Gasteiger partial charge on any atom is 0.108 e. The van der Waals surface area contributed by atoms with Gasteiger partial charge in [0.05, 0.1) is 0 Å². The van der Waals surface area contributed by atoms with Gasteiger partial charge >= 0.3 is 0 Å². The molecule has 0 fully saturated rings. The third-order valence-electron chi connectivity index (χ3n) is 0.675. The maximum atomic E-state index is 10.5. The lowest BCUT2D eigenvalue weighted by molar-refractivity contribution is 0.598. The Kier molecular flexibility index (Phi) is 4.67. The number of hydrogen-bond donors (Lipinski definition) is 0. The average Bonchev–Trinajstić information content (AvgIpc) is 1.68. The monoisotopic (exact) mass is 119 g/mol. The molecule has 0 saturated carbocycles. The molecule has 0 aromatic heterocycles. The molecule has 7 heavy (non-hydrogen) atoms.